The monoisotopic (exact) mass is 341 g/mol. The predicted molar refractivity (Wildman–Crippen MR) is 94.8 cm³/mol. The lowest BCUT2D eigenvalue weighted by atomic mass is 10.0. The Morgan fingerprint density at radius 3 is 2.76 bits per heavy atom. The Kier molecular flexibility index (Phi) is 5.48. The molecule has 0 aliphatic carbocycles. The second-order valence-corrected chi connectivity index (χ2v) is 6.28. The van der Waals surface area contributed by atoms with E-state index in [2.05, 4.69) is 12.0 Å². The van der Waals surface area contributed by atoms with Crippen molar-refractivity contribution in [3.63, 3.8) is 0 Å². The Morgan fingerprint density at radius 2 is 2.00 bits per heavy atom. The largest absolute Gasteiger partial charge is 0.492 e. The number of hydrogen-bond acceptors (Lipinski definition) is 4. The average molecular weight is 341 g/mol. The minimum absolute atomic E-state index is 0.107. The molecule has 1 aromatic heterocycles. The summed E-state index contributed by atoms with van der Waals surface area (Å²) in [6.07, 6.45) is 3.17. The van der Waals surface area contributed by atoms with Crippen molar-refractivity contribution in [1.29, 1.82) is 0 Å². The van der Waals surface area contributed by atoms with Crippen LogP contribution in [0.2, 0.25) is 0 Å². The summed E-state index contributed by atoms with van der Waals surface area (Å²) in [5, 5.41) is 4.25. The summed E-state index contributed by atoms with van der Waals surface area (Å²) in [5.74, 6) is 0.634. The van der Waals surface area contributed by atoms with Crippen LogP contribution in [0.1, 0.15) is 36.7 Å². The van der Waals surface area contributed by atoms with Crippen LogP contribution in [0.25, 0.3) is 0 Å². The van der Waals surface area contributed by atoms with Gasteiger partial charge in [-0.3, -0.25) is 9.59 Å². The van der Waals surface area contributed by atoms with Crippen LogP contribution in [0.3, 0.4) is 0 Å². The number of carbonyl (C=O) groups excluding carboxylic acids is 1. The third-order valence-electron chi connectivity index (χ3n) is 4.46. The minimum atomic E-state index is -0.236. The summed E-state index contributed by atoms with van der Waals surface area (Å²) in [7, 11) is 0. The molecule has 1 fully saturated rings. The van der Waals surface area contributed by atoms with Crippen LogP contribution >= 0.6 is 0 Å². The van der Waals surface area contributed by atoms with Gasteiger partial charge in [0.15, 0.2) is 0 Å². The van der Waals surface area contributed by atoms with Gasteiger partial charge in [0.05, 0.1) is 6.54 Å². The molecule has 0 N–H and O–H groups in total. The highest BCUT2D eigenvalue weighted by atomic mass is 16.5. The zero-order valence-electron chi connectivity index (χ0n) is 14.4. The van der Waals surface area contributed by atoms with E-state index in [4.69, 9.17) is 4.74 Å². The Labute approximate surface area is 147 Å². The van der Waals surface area contributed by atoms with Crippen molar-refractivity contribution in [3.05, 3.63) is 58.5 Å². The standard InChI is InChI=1S/C19H23N3O3/c1-15-7-5-6-12-21(15)19(24)17-10-11-18(23)22(20-17)13-14-25-16-8-3-2-4-9-16/h2-4,8-11,15H,5-7,12-14H2,1H3/t15-/m1/s1. The Morgan fingerprint density at radius 1 is 1.20 bits per heavy atom. The van der Waals surface area contributed by atoms with Gasteiger partial charge in [0.1, 0.15) is 18.1 Å². The highest BCUT2D eigenvalue weighted by Crippen LogP contribution is 2.18. The number of rotatable bonds is 5. The van der Waals surface area contributed by atoms with Crippen LogP contribution in [0.15, 0.2) is 47.3 Å². The van der Waals surface area contributed by atoms with Gasteiger partial charge in [-0.25, -0.2) is 4.68 Å². The molecule has 0 spiro atoms. The van der Waals surface area contributed by atoms with Gasteiger partial charge in [-0.15, -0.1) is 0 Å². The number of para-hydroxylation sites is 1. The number of ether oxygens (including phenoxy) is 1. The van der Waals surface area contributed by atoms with E-state index in [9.17, 15) is 9.59 Å². The zero-order chi connectivity index (χ0) is 17.6. The maximum atomic E-state index is 12.7. The van der Waals surface area contributed by atoms with Crippen molar-refractivity contribution in [1.82, 2.24) is 14.7 Å². The third kappa shape index (κ3) is 4.26. The van der Waals surface area contributed by atoms with E-state index in [1.54, 1.807) is 0 Å². The quantitative estimate of drug-likeness (QED) is 0.837. The molecule has 3 rings (SSSR count). The van der Waals surface area contributed by atoms with Gasteiger partial charge in [0.2, 0.25) is 0 Å². The number of likely N-dealkylation sites (tertiary alicyclic amines) is 1. The Hall–Kier alpha value is -2.63. The van der Waals surface area contributed by atoms with Crippen LogP contribution in [0.4, 0.5) is 0 Å². The predicted octanol–water partition coefficient (Wildman–Crippen LogP) is 2.34. The van der Waals surface area contributed by atoms with Crippen molar-refractivity contribution in [3.8, 4) is 5.75 Å². The number of piperidine rings is 1. The molecule has 1 aliphatic heterocycles. The van der Waals surface area contributed by atoms with Crippen LogP contribution in [-0.4, -0.2) is 39.8 Å². The summed E-state index contributed by atoms with van der Waals surface area (Å²) < 4.78 is 6.90. The normalized spacial score (nSPS) is 17.3. The van der Waals surface area contributed by atoms with Crippen molar-refractivity contribution in [2.45, 2.75) is 38.8 Å². The Bertz CT molecular complexity index is 773. The van der Waals surface area contributed by atoms with Gasteiger partial charge in [0.25, 0.3) is 11.5 Å². The number of amides is 1. The van der Waals surface area contributed by atoms with Gasteiger partial charge in [-0.2, -0.15) is 5.10 Å². The number of nitrogens with zero attached hydrogens (tertiary/aromatic N) is 3. The van der Waals surface area contributed by atoms with Gasteiger partial charge < -0.3 is 9.64 Å². The second-order valence-electron chi connectivity index (χ2n) is 6.28. The summed E-state index contributed by atoms with van der Waals surface area (Å²) in [4.78, 5) is 26.5. The van der Waals surface area contributed by atoms with E-state index < -0.39 is 0 Å². The van der Waals surface area contributed by atoms with E-state index in [0.29, 0.717) is 18.8 Å². The van der Waals surface area contributed by atoms with E-state index in [-0.39, 0.29) is 17.5 Å². The maximum absolute atomic E-state index is 12.7. The molecule has 0 unspecified atom stereocenters. The number of aromatic nitrogens is 2. The van der Waals surface area contributed by atoms with Crippen molar-refractivity contribution in [2.24, 2.45) is 0 Å². The number of carbonyl (C=O) groups is 1. The molecule has 25 heavy (non-hydrogen) atoms. The smallest absolute Gasteiger partial charge is 0.274 e. The lowest BCUT2D eigenvalue weighted by molar-refractivity contribution is 0.0626. The molecular formula is C19H23N3O3. The molecule has 6 nitrogen and oxygen atoms in total. The average Bonchev–Trinajstić information content (AvgIpc) is 2.64. The lowest BCUT2D eigenvalue weighted by Crippen LogP contribution is -2.43. The lowest BCUT2D eigenvalue weighted by Gasteiger charge is -2.33. The van der Waals surface area contributed by atoms with Gasteiger partial charge in [-0.1, -0.05) is 18.2 Å². The minimum Gasteiger partial charge on any atom is -0.492 e. The van der Waals surface area contributed by atoms with Crippen LogP contribution in [-0.2, 0) is 6.54 Å². The molecular weight excluding hydrogens is 318 g/mol. The molecule has 6 heteroatoms. The molecule has 0 saturated carbocycles. The fourth-order valence-corrected chi connectivity index (χ4v) is 3.04. The summed E-state index contributed by atoms with van der Waals surface area (Å²) >= 11 is 0. The first-order valence-electron chi connectivity index (χ1n) is 8.72. The molecule has 1 saturated heterocycles. The molecule has 1 aliphatic rings. The van der Waals surface area contributed by atoms with Crippen LogP contribution in [0.5, 0.6) is 5.75 Å². The van der Waals surface area contributed by atoms with E-state index in [0.717, 1.165) is 31.6 Å². The first-order valence-corrected chi connectivity index (χ1v) is 8.72. The third-order valence-corrected chi connectivity index (χ3v) is 4.46. The first-order chi connectivity index (χ1) is 12.1. The van der Waals surface area contributed by atoms with Crippen molar-refractivity contribution >= 4 is 5.91 Å². The highest BCUT2D eigenvalue weighted by molar-refractivity contribution is 5.92. The van der Waals surface area contributed by atoms with Gasteiger partial charge in [-0.05, 0) is 44.4 Å². The molecule has 1 aromatic carbocycles. The van der Waals surface area contributed by atoms with Gasteiger partial charge >= 0.3 is 0 Å². The van der Waals surface area contributed by atoms with Crippen molar-refractivity contribution < 1.29 is 9.53 Å². The highest BCUT2D eigenvalue weighted by Gasteiger charge is 2.25. The van der Waals surface area contributed by atoms with Gasteiger partial charge in [0, 0.05) is 18.7 Å². The van der Waals surface area contributed by atoms with E-state index in [1.165, 1.54) is 16.8 Å². The molecule has 1 amide bonds. The zero-order valence-corrected chi connectivity index (χ0v) is 14.4. The maximum Gasteiger partial charge on any atom is 0.274 e. The molecule has 0 radical (unpaired) electrons. The number of hydrogen-bond donors (Lipinski definition) is 0. The summed E-state index contributed by atoms with van der Waals surface area (Å²) in [5.41, 5.74) is 0.0768. The van der Waals surface area contributed by atoms with Crippen LogP contribution < -0.4 is 10.3 Å². The fourth-order valence-electron chi connectivity index (χ4n) is 3.04. The molecule has 132 valence electrons. The molecule has 2 heterocycles. The summed E-state index contributed by atoms with van der Waals surface area (Å²) in [6, 6.07) is 12.5. The first kappa shape index (κ1) is 17.2. The summed E-state index contributed by atoms with van der Waals surface area (Å²) in [6.45, 7) is 3.41. The van der Waals surface area contributed by atoms with E-state index >= 15 is 0 Å². The van der Waals surface area contributed by atoms with Crippen LogP contribution in [0, 0.1) is 0 Å². The SMILES string of the molecule is C[C@@H]1CCCCN1C(=O)c1ccc(=O)n(CCOc2ccccc2)n1. The van der Waals surface area contributed by atoms with E-state index in [1.807, 2.05) is 35.2 Å². The number of benzene rings is 1. The molecule has 1 atom stereocenters. The second kappa shape index (κ2) is 7.96. The molecule has 0 bridgehead atoms. The topological polar surface area (TPSA) is 64.4 Å². The fraction of sp³-hybridized carbons (Fsp3) is 0.421. The molecule has 2 aromatic rings. The Balaban J connectivity index is 1.67. The van der Waals surface area contributed by atoms with Crippen molar-refractivity contribution in [2.75, 3.05) is 13.2 Å².